The predicted octanol–water partition coefficient (Wildman–Crippen LogP) is 1.45. The molecule has 0 aliphatic carbocycles. The summed E-state index contributed by atoms with van der Waals surface area (Å²) in [7, 11) is 0. The van der Waals surface area contributed by atoms with E-state index in [0.29, 0.717) is 17.4 Å². The Labute approximate surface area is 143 Å². The first kappa shape index (κ1) is 17.9. The van der Waals surface area contributed by atoms with Crippen molar-refractivity contribution in [1.29, 1.82) is 0 Å². The number of carbonyl (C=O) groups excluding carboxylic acids is 2. The summed E-state index contributed by atoms with van der Waals surface area (Å²) in [6, 6.07) is 7.42. The van der Waals surface area contributed by atoms with Crippen molar-refractivity contribution in [2.24, 2.45) is 0 Å². The van der Waals surface area contributed by atoms with Gasteiger partial charge >= 0.3 is 0 Å². The lowest BCUT2D eigenvalue weighted by molar-refractivity contribution is -0.120. The van der Waals surface area contributed by atoms with Crippen LogP contribution in [0.3, 0.4) is 0 Å². The van der Waals surface area contributed by atoms with E-state index in [4.69, 9.17) is 0 Å². The van der Waals surface area contributed by atoms with Gasteiger partial charge in [0.05, 0.1) is 6.04 Å². The van der Waals surface area contributed by atoms with E-state index in [2.05, 4.69) is 5.32 Å². The van der Waals surface area contributed by atoms with Gasteiger partial charge in [0.2, 0.25) is 5.91 Å². The monoisotopic (exact) mass is 343 g/mol. The van der Waals surface area contributed by atoms with Gasteiger partial charge in [0, 0.05) is 6.08 Å². The minimum Gasteiger partial charge on any atom is -0.504 e. The SMILES string of the molecule is O=C[C@H](Cc1ccc(O)c(O)c1)NC(=O)/C=C/c1ccc(O)c(O)c1. The van der Waals surface area contributed by atoms with Crippen LogP contribution >= 0.6 is 0 Å². The van der Waals surface area contributed by atoms with Crippen LogP contribution < -0.4 is 5.32 Å². The molecule has 0 heterocycles. The van der Waals surface area contributed by atoms with E-state index >= 15 is 0 Å². The van der Waals surface area contributed by atoms with Crippen molar-refractivity contribution < 1.29 is 30.0 Å². The van der Waals surface area contributed by atoms with Crippen LogP contribution in [0.15, 0.2) is 42.5 Å². The zero-order valence-corrected chi connectivity index (χ0v) is 13.1. The predicted molar refractivity (Wildman–Crippen MR) is 90.3 cm³/mol. The van der Waals surface area contributed by atoms with Crippen molar-refractivity contribution in [2.45, 2.75) is 12.5 Å². The number of carbonyl (C=O) groups is 2. The molecule has 2 aromatic rings. The molecule has 0 unspecified atom stereocenters. The second kappa shape index (κ2) is 7.87. The lowest BCUT2D eigenvalue weighted by Crippen LogP contribution is -2.36. The third-order valence-corrected chi connectivity index (χ3v) is 3.41. The number of hydrogen-bond donors (Lipinski definition) is 5. The van der Waals surface area contributed by atoms with Crippen LogP contribution in [0.4, 0.5) is 0 Å². The van der Waals surface area contributed by atoms with Gasteiger partial charge in [-0.2, -0.15) is 0 Å². The average Bonchev–Trinajstić information content (AvgIpc) is 2.58. The number of rotatable bonds is 6. The molecule has 0 radical (unpaired) electrons. The second-order valence-corrected chi connectivity index (χ2v) is 5.36. The summed E-state index contributed by atoms with van der Waals surface area (Å²) >= 11 is 0. The van der Waals surface area contributed by atoms with Gasteiger partial charge < -0.3 is 30.5 Å². The summed E-state index contributed by atoms with van der Waals surface area (Å²) in [5, 5.41) is 39.8. The Morgan fingerprint density at radius 3 is 2.20 bits per heavy atom. The molecule has 0 bridgehead atoms. The minimum absolute atomic E-state index is 0.150. The molecule has 0 spiro atoms. The number of phenolic OH excluding ortho intramolecular Hbond substituents is 4. The molecule has 0 fully saturated rings. The quantitative estimate of drug-likeness (QED) is 0.307. The standard InChI is InChI=1S/C18H17NO6/c20-10-13(7-12-2-5-15(22)17(24)9-12)19-18(25)6-3-11-1-4-14(21)16(23)8-11/h1-6,8-10,13,21-24H,7H2,(H,19,25)/b6-3+/t13-/m0/s1. The number of hydrogen-bond acceptors (Lipinski definition) is 6. The molecule has 0 aliphatic heterocycles. The Balaban J connectivity index is 1.98. The van der Waals surface area contributed by atoms with Gasteiger partial charge in [0.25, 0.3) is 0 Å². The van der Waals surface area contributed by atoms with E-state index < -0.39 is 11.9 Å². The molecule has 5 N–H and O–H groups in total. The van der Waals surface area contributed by atoms with Crippen LogP contribution in [-0.2, 0) is 16.0 Å². The van der Waals surface area contributed by atoms with Crippen molar-refractivity contribution in [2.75, 3.05) is 0 Å². The van der Waals surface area contributed by atoms with Crippen molar-refractivity contribution in [3.05, 3.63) is 53.6 Å². The highest BCUT2D eigenvalue weighted by atomic mass is 16.3. The zero-order chi connectivity index (χ0) is 18.4. The van der Waals surface area contributed by atoms with E-state index in [1.54, 1.807) is 0 Å². The molecule has 130 valence electrons. The van der Waals surface area contributed by atoms with E-state index in [-0.39, 0.29) is 29.4 Å². The summed E-state index contributed by atoms with van der Waals surface area (Å²) < 4.78 is 0. The first-order chi connectivity index (χ1) is 11.9. The van der Waals surface area contributed by atoms with E-state index in [9.17, 15) is 30.0 Å². The lowest BCUT2D eigenvalue weighted by Gasteiger charge is -2.12. The summed E-state index contributed by atoms with van der Waals surface area (Å²) in [6.07, 6.45) is 3.33. The van der Waals surface area contributed by atoms with Gasteiger partial charge in [0.1, 0.15) is 6.29 Å². The van der Waals surface area contributed by atoms with Crippen molar-refractivity contribution in [3.63, 3.8) is 0 Å². The maximum atomic E-state index is 11.9. The van der Waals surface area contributed by atoms with Crippen LogP contribution in [-0.4, -0.2) is 38.7 Å². The van der Waals surface area contributed by atoms with E-state index in [1.165, 1.54) is 48.6 Å². The maximum absolute atomic E-state index is 11.9. The Morgan fingerprint density at radius 2 is 1.60 bits per heavy atom. The van der Waals surface area contributed by atoms with E-state index in [0.717, 1.165) is 0 Å². The minimum atomic E-state index is -0.811. The van der Waals surface area contributed by atoms with Gasteiger partial charge in [-0.15, -0.1) is 0 Å². The largest absolute Gasteiger partial charge is 0.504 e. The molecular formula is C18H17NO6. The van der Waals surface area contributed by atoms with Crippen molar-refractivity contribution in [1.82, 2.24) is 5.32 Å². The molecule has 1 atom stereocenters. The maximum Gasteiger partial charge on any atom is 0.244 e. The van der Waals surface area contributed by atoms with Crippen molar-refractivity contribution in [3.8, 4) is 23.0 Å². The molecule has 7 nitrogen and oxygen atoms in total. The fourth-order valence-electron chi connectivity index (χ4n) is 2.13. The Hall–Kier alpha value is -3.48. The number of benzene rings is 2. The Morgan fingerprint density at radius 1 is 0.960 bits per heavy atom. The van der Waals surface area contributed by atoms with Gasteiger partial charge in [-0.3, -0.25) is 4.79 Å². The number of phenols is 4. The number of amides is 1. The Bertz CT molecular complexity index is 815. The first-order valence-electron chi connectivity index (χ1n) is 7.35. The highest BCUT2D eigenvalue weighted by Crippen LogP contribution is 2.26. The van der Waals surface area contributed by atoms with Crippen LogP contribution in [0.1, 0.15) is 11.1 Å². The fraction of sp³-hybridized carbons (Fsp3) is 0.111. The van der Waals surface area contributed by atoms with Crippen molar-refractivity contribution >= 4 is 18.3 Å². The molecule has 2 aromatic carbocycles. The van der Waals surface area contributed by atoms with Crippen LogP contribution in [0.2, 0.25) is 0 Å². The summed E-state index contributed by atoms with van der Waals surface area (Å²) in [5.74, 6) is -1.66. The molecular weight excluding hydrogens is 326 g/mol. The number of nitrogens with one attached hydrogen (secondary N) is 1. The summed E-state index contributed by atoms with van der Waals surface area (Å²) in [5.41, 5.74) is 1.07. The fourth-order valence-corrected chi connectivity index (χ4v) is 2.13. The first-order valence-corrected chi connectivity index (χ1v) is 7.35. The highest BCUT2D eigenvalue weighted by Gasteiger charge is 2.12. The van der Waals surface area contributed by atoms with Crippen LogP contribution in [0.5, 0.6) is 23.0 Å². The molecule has 0 aliphatic rings. The highest BCUT2D eigenvalue weighted by molar-refractivity contribution is 5.93. The molecule has 0 aromatic heterocycles. The molecule has 0 saturated carbocycles. The van der Waals surface area contributed by atoms with Crippen LogP contribution in [0, 0.1) is 0 Å². The average molecular weight is 343 g/mol. The molecule has 7 heteroatoms. The van der Waals surface area contributed by atoms with Gasteiger partial charge in [-0.25, -0.2) is 0 Å². The molecule has 0 saturated heterocycles. The van der Waals surface area contributed by atoms with Gasteiger partial charge in [-0.1, -0.05) is 12.1 Å². The second-order valence-electron chi connectivity index (χ2n) is 5.36. The smallest absolute Gasteiger partial charge is 0.244 e. The van der Waals surface area contributed by atoms with E-state index in [1.807, 2.05) is 0 Å². The summed E-state index contributed by atoms with van der Waals surface area (Å²) in [4.78, 5) is 23.0. The lowest BCUT2D eigenvalue weighted by atomic mass is 10.1. The van der Waals surface area contributed by atoms with Crippen LogP contribution in [0.25, 0.3) is 6.08 Å². The third kappa shape index (κ3) is 5.00. The Kier molecular flexibility index (Phi) is 5.62. The molecule has 25 heavy (non-hydrogen) atoms. The van der Waals surface area contributed by atoms with Gasteiger partial charge in [-0.05, 0) is 47.9 Å². The number of aldehydes is 1. The summed E-state index contributed by atoms with van der Waals surface area (Å²) in [6.45, 7) is 0. The topological polar surface area (TPSA) is 127 Å². The molecule has 2 rings (SSSR count). The molecule has 1 amide bonds. The third-order valence-electron chi connectivity index (χ3n) is 3.41. The zero-order valence-electron chi connectivity index (χ0n) is 13.1. The normalized spacial score (nSPS) is 12.0. The van der Waals surface area contributed by atoms with Gasteiger partial charge in [0.15, 0.2) is 23.0 Å². The number of aromatic hydroxyl groups is 4.